The molecule has 112 valence electrons. The summed E-state index contributed by atoms with van der Waals surface area (Å²) in [6.45, 7) is 2.00. The maximum atomic E-state index is 10.7. The van der Waals surface area contributed by atoms with Crippen molar-refractivity contribution in [3.8, 4) is 27.3 Å². The van der Waals surface area contributed by atoms with Crippen molar-refractivity contribution in [3.63, 3.8) is 0 Å². The molecular weight excluding hydrogens is 300 g/mol. The quantitative estimate of drug-likeness (QED) is 0.463. The van der Waals surface area contributed by atoms with Gasteiger partial charge in [-0.3, -0.25) is 0 Å². The van der Waals surface area contributed by atoms with Crippen LogP contribution in [-0.2, 0) is 0 Å². The number of aromatic hydroxyl groups is 1. The summed E-state index contributed by atoms with van der Waals surface area (Å²) in [5.41, 5.74) is 4.43. The van der Waals surface area contributed by atoms with Gasteiger partial charge in [0.1, 0.15) is 5.75 Å². The molecule has 0 aliphatic carbocycles. The summed E-state index contributed by atoms with van der Waals surface area (Å²) in [6, 6.07) is 22.7. The van der Waals surface area contributed by atoms with E-state index in [1.165, 1.54) is 16.0 Å². The lowest BCUT2D eigenvalue weighted by Crippen LogP contribution is -1.91. The molecule has 0 amide bonds. The second-order valence-corrected chi connectivity index (χ2v) is 6.56. The summed E-state index contributed by atoms with van der Waals surface area (Å²) >= 11 is 1.71. The van der Waals surface area contributed by atoms with E-state index >= 15 is 0 Å². The first-order valence-electron chi connectivity index (χ1n) is 7.61. The van der Waals surface area contributed by atoms with Crippen molar-refractivity contribution < 1.29 is 5.11 Å². The molecule has 0 spiro atoms. The Morgan fingerprint density at radius 2 is 1.43 bits per heavy atom. The van der Waals surface area contributed by atoms with Crippen LogP contribution in [-0.4, -0.2) is 5.11 Å². The Labute approximate surface area is 139 Å². The van der Waals surface area contributed by atoms with Crippen LogP contribution < -0.4 is 0 Å². The van der Waals surface area contributed by atoms with Crippen molar-refractivity contribution in [3.05, 3.63) is 77.7 Å². The monoisotopic (exact) mass is 316 g/mol. The number of hydrogen-bond acceptors (Lipinski definition) is 2. The fourth-order valence-corrected chi connectivity index (χ4v) is 4.02. The van der Waals surface area contributed by atoms with E-state index in [1.54, 1.807) is 11.3 Å². The van der Waals surface area contributed by atoms with Gasteiger partial charge in [0, 0.05) is 21.4 Å². The van der Waals surface area contributed by atoms with Crippen molar-refractivity contribution in [1.29, 1.82) is 0 Å². The molecule has 3 aromatic carbocycles. The predicted molar refractivity (Wildman–Crippen MR) is 99.1 cm³/mol. The fraction of sp³-hybridized carbons (Fsp3) is 0.0476. The largest absolute Gasteiger partial charge is 0.507 e. The molecule has 0 atom stereocenters. The third kappa shape index (κ3) is 2.23. The van der Waals surface area contributed by atoms with Crippen molar-refractivity contribution in [1.82, 2.24) is 0 Å². The number of rotatable bonds is 2. The van der Waals surface area contributed by atoms with Crippen LogP contribution in [0.25, 0.3) is 32.3 Å². The van der Waals surface area contributed by atoms with Gasteiger partial charge >= 0.3 is 0 Å². The first-order chi connectivity index (χ1) is 11.3. The molecule has 1 heterocycles. The summed E-state index contributed by atoms with van der Waals surface area (Å²) < 4.78 is 0. The van der Waals surface area contributed by atoms with E-state index < -0.39 is 0 Å². The lowest BCUT2D eigenvalue weighted by molar-refractivity contribution is 0.478. The van der Waals surface area contributed by atoms with E-state index in [-0.39, 0.29) is 0 Å². The average Bonchev–Trinajstić information content (AvgIpc) is 3.13. The fourth-order valence-electron chi connectivity index (χ4n) is 3.18. The van der Waals surface area contributed by atoms with Crippen molar-refractivity contribution in [2.45, 2.75) is 6.92 Å². The van der Waals surface area contributed by atoms with Gasteiger partial charge in [0.05, 0.1) is 0 Å². The molecule has 23 heavy (non-hydrogen) atoms. The molecular formula is C21H16OS. The van der Waals surface area contributed by atoms with Crippen molar-refractivity contribution in [2.75, 3.05) is 0 Å². The molecule has 0 bridgehead atoms. The SMILES string of the molecule is Cc1c(-c2cccs2)c(-c2ccccc2)c2ccccc2c1O. The standard InChI is InChI=1S/C21H16OS/c1-14-19(18-12-7-13-23-18)20(15-8-3-2-4-9-15)16-10-5-6-11-17(16)21(14)22/h2-13,22H,1H3. The number of hydrogen-bond donors (Lipinski definition) is 1. The third-order valence-electron chi connectivity index (χ3n) is 4.26. The Morgan fingerprint density at radius 3 is 2.13 bits per heavy atom. The first-order valence-corrected chi connectivity index (χ1v) is 8.49. The van der Waals surface area contributed by atoms with E-state index in [2.05, 4.69) is 47.8 Å². The molecule has 0 aliphatic rings. The van der Waals surface area contributed by atoms with Gasteiger partial charge in [-0.05, 0) is 34.9 Å². The molecule has 0 fully saturated rings. The minimum Gasteiger partial charge on any atom is -0.507 e. The van der Waals surface area contributed by atoms with Gasteiger partial charge in [-0.25, -0.2) is 0 Å². The Balaban J connectivity index is 2.21. The van der Waals surface area contributed by atoms with Crippen LogP contribution in [0.4, 0.5) is 0 Å². The van der Waals surface area contributed by atoms with Gasteiger partial charge in [-0.15, -0.1) is 11.3 Å². The normalized spacial score (nSPS) is 11.0. The highest BCUT2D eigenvalue weighted by Crippen LogP contribution is 2.46. The van der Waals surface area contributed by atoms with E-state index in [4.69, 9.17) is 0 Å². The van der Waals surface area contributed by atoms with Gasteiger partial charge in [-0.1, -0.05) is 60.7 Å². The molecule has 0 saturated heterocycles. The van der Waals surface area contributed by atoms with E-state index in [0.717, 1.165) is 21.9 Å². The zero-order chi connectivity index (χ0) is 15.8. The van der Waals surface area contributed by atoms with Gasteiger partial charge in [-0.2, -0.15) is 0 Å². The van der Waals surface area contributed by atoms with Crippen LogP contribution in [0.2, 0.25) is 0 Å². The van der Waals surface area contributed by atoms with Crippen LogP contribution in [0.3, 0.4) is 0 Å². The Bertz CT molecular complexity index is 970. The number of fused-ring (bicyclic) bond motifs is 1. The van der Waals surface area contributed by atoms with Crippen LogP contribution in [0.1, 0.15) is 5.56 Å². The molecule has 1 nitrogen and oxygen atoms in total. The summed E-state index contributed by atoms with van der Waals surface area (Å²) in [5.74, 6) is 0.378. The molecule has 0 unspecified atom stereocenters. The molecule has 1 N–H and O–H groups in total. The number of thiophene rings is 1. The zero-order valence-corrected chi connectivity index (χ0v) is 13.6. The topological polar surface area (TPSA) is 20.2 Å². The average molecular weight is 316 g/mol. The number of benzene rings is 3. The summed E-state index contributed by atoms with van der Waals surface area (Å²) in [6.07, 6.45) is 0. The Hall–Kier alpha value is -2.58. The lowest BCUT2D eigenvalue weighted by Gasteiger charge is -2.17. The van der Waals surface area contributed by atoms with Crippen molar-refractivity contribution >= 4 is 22.1 Å². The Kier molecular flexibility index (Phi) is 3.40. The molecule has 2 heteroatoms. The second-order valence-electron chi connectivity index (χ2n) is 5.61. The summed E-state index contributed by atoms with van der Waals surface area (Å²) in [7, 11) is 0. The highest BCUT2D eigenvalue weighted by molar-refractivity contribution is 7.13. The minimum absolute atomic E-state index is 0.378. The van der Waals surface area contributed by atoms with Crippen LogP contribution in [0.15, 0.2) is 72.1 Å². The van der Waals surface area contributed by atoms with Gasteiger partial charge in [0.15, 0.2) is 0 Å². The minimum atomic E-state index is 0.378. The van der Waals surface area contributed by atoms with Crippen molar-refractivity contribution in [2.24, 2.45) is 0 Å². The lowest BCUT2D eigenvalue weighted by atomic mass is 9.88. The molecule has 0 saturated carbocycles. The smallest absolute Gasteiger partial charge is 0.126 e. The third-order valence-corrected chi connectivity index (χ3v) is 5.15. The predicted octanol–water partition coefficient (Wildman–Crippen LogP) is 6.25. The maximum absolute atomic E-state index is 10.7. The molecule has 1 aromatic heterocycles. The van der Waals surface area contributed by atoms with E-state index in [9.17, 15) is 5.11 Å². The molecule has 0 radical (unpaired) electrons. The van der Waals surface area contributed by atoms with Gasteiger partial charge < -0.3 is 5.11 Å². The number of phenolic OH excluding ortho intramolecular Hbond substituents is 1. The Morgan fingerprint density at radius 1 is 0.739 bits per heavy atom. The first kappa shape index (κ1) is 14.0. The highest BCUT2D eigenvalue weighted by atomic mass is 32.1. The van der Waals surface area contributed by atoms with Crippen LogP contribution in [0, 0.1) is 6.92 Å². The molecule has 4 aromatic rings. The second kappa shape index (κ2) is 5.56. The molecule has 0 aliphatic heterocycles. The molecule has 4 rings (SSSR count). The van der Waals surface area contributed by atoms with E-state index in [1.807, 2.05) is 31.2 Å². The van der Waals surface area contributed by atoms with Crippen LogP contribution >= 0.6 is 11.3 Å². The zero-order valence-electron chi connectivity index (χ0n) is 12.8. The van der Waals surface area contributed by atoms with Gasteiger partial charge in [0.2, 0.25) is 0 Å². The maximum Gasteiger partial charge on any atom is 0.126 e. The summed E-state index contributed by atoms with van der Waals surface area (Å²) in [4.78, 5) is 1.18. The summed E-state index contributed by atoms with van der Waals surface area (Å²) in [5, 5.41) is 14.8. The van der Waals surface area contributed by atoms with Crippen LogP contribution in [0.5, 0.6) is 5.75 Å². The van der Waals surface area contributed by atoms with Gasteiger partial charge in [0.25, 0.3) is 0 Å². The number of phenols is 1. The van der Waals surface area contributed by atoms with E-state index in [0.29, 0.717) is 5.75 Å². The highest BCUT2D eigenvalue weighted by Gasteiger charge is 2.19.